The van der Waals surface area contributed by atoms with Gasteiger partial charge < -0.3 is 5.21 Å². The highest BCUT2D eigenvalue weighted by molar-refractivity contribution is 5.66. The average molecular weight is 200 g/mol. The lowest BCUT2D eigenvalue weighted by Crippen LogP contribution is -2.07. The Hall–Kier alpha value is -1.71. The van der Waals surface area contributed by atoms with Gasteiger partial charge in [0.1, 0.15) is 0 Å². The van der Waals surface area contributed by atoms with Gasteiger partial charge in [-0.3, -0.25) is 4.98 Å². The van der Waals surface area contributed by atoms with Gasteiger partial charge in [0.05, 0.1) is 0 Å². The van der Waals surface area contributed by atoms with E-state index in [1.165, 1.54) is 0 Å². The van der Waals surface area contributed by atoms with E-state index in [0.717, 1.165) is 16.7 Å². The molecule has 1 aromatic carbocycles. The van der Waals surface area contributed by atoms with Crippen molar-refractivity contribution in [3.05, 3.63) is 54.4 Å². The van der Waals surface area contributed by atoms with Crippen molar-refractivity contribution in [1.82, 2.24) is 10.5 Å². The Balaban J connectivity index is 2.43. The molecular weight excluding hydrogens is 188 g/mol. The van der Waals surface area contributed by atoms with Crippen molar-refractivity contribution in [3.63, 3.8) is 0 Å². The molecule has 0 aliphatic rings. The van der Waals surface area contributed by atoms with Gasteiger partial charge in [-0.2, -0.15) is 0 Å². The van der Waals surface area contributed by atoms with Gasteiger partial charge >= 0.3 is 0 Å². The maximum atomic E-state index is 8.73. The minimum absolute atomic E-state index is 0.443. The van der Waals surface area contributed by atoms with Gasteiger partial charge in [-0.15, -0.1) is 0 Å². The molecule has 15 heavy (non-hydrogen) atoms. The van der Waals surface area contributed by atoms with E-state index < -0.39 is 0 Å². The van der Waals surface area contributed by atoms with E-state index >= 15 is 0 Å². The van der Waals surface area contributed by atoms with Crippen LogP contribution in [0.3, 0.4) is 0 Å². The molecule has 2 rings (SSSR count). The molecule has 76 valence electrons. The standard InChI is InChI=1S/C12H12N2O/c15-14-9-11-3-1-2-4-12(11)10-5-7-13-8-6-10/h1-8,14-15H,9H2. The molecule has 0 radical (unpaired) electrons. The lowest BCUT2D eigenvalue weighted by atomic mass is 10.0. The zero-order valence-electron chi connectivity index (χ0n) is 8.22. The zero-order chi connectivity index (χ0) is 10.5. The number of nitrogens with one attached hydrogen (secondary N) is 1. The highest BCUT2D eigenvalue weighted by Gasteiger charge is 2.02. The predicted molar refractivity (Wildman–Crippen MR) is 58.3 cm³/mol. The molecule has 0 fully saturated rings. The number of rotatable bonds is 3. The van der Waals surface area contributed by atoms with E-state index in [1.54, 1.807) is 12.4 Å². The van der Waals surface area contributed by atoms with Crippen LogP contribution in [0.15, 0.2) is 48.8 Å². The number of hydrogen-bond donors (Lipinski definition) is 2. The molecule has 3 heteroatoms. The molecule has 2 N–H and O–H groups in total. The maximum Gasteiger partial charge on any atom is 0.0464 e. The first-order chi connectivity index (χ1) is 7.42. The van der Waals surface area contributed by atoms with Crippen LogP contribution < -0.4 is 5.48 Å². The summed E-state index contributed by atoms with van der Waals surface area (Å²) >= 11 is 0. The van der Waals surface area contributed by atoms with E-state index in [0.29, 0.717) is 6.54 Å². The number of hydroxylamine groups is 1. The molecule has 2 aromatic rings. The molecule has 0 bridgehead atoms. The summed E-state index contributed by atoms with van der Waals surface area (Å²) in [5.74, 6) is 0. The summed E-state index contributed by atoms with van der Waals surface area (Å²) in [5, 5.41) is 8.73. The largest absolute Gasteiger partial charge is 0.316 e. The smallest absolute Gasteiger partial charge is 0.0464 e. The Labute approximate surface area is 88.4 Å². The summed E-state index contributed by atoms with van der Waals surface area (Å²) in [6.45, 7) is 0.443. The van der Waals surface area contributed by atoms with Gasteiger partial charge in [-0.1, -0.05) is 24.3 Å². The summed E-state index contributed by atoms with van der Waals surface area (Å²) in [5.41, 5.74) is 5.46. The van der Waals surface area contributed by atoms with Crippen LogP contribution in [-0.2, 0) is 6.54 Å². The Bertz CT molecular complexity index is 429. The van der Waals surface area contributed by atoms with Crippen molar-refractivity contribution in [2.75, 3.05) is 0 Å². The third kappa shape index (κ3) is 2.21. The summed E-state index contributed by atoms with van der Waals surface area (Å²) in [6.07, 6.45) is 3.52. The van der Waals surface area contributed by atoms with Gasteiger partial charge in [0.2, 0.25) is 0 Å². The molecule has 1 aromatic heterocycles. The number of pyridine rings is 1. The lowest BCUT2D eigenvalue weighted by molar-refractivity contribution is 0.161. The first-order valence-corrected chi connectivity index (χ1v) is 4.77. The van der Waals surface area contributed by atoms with E-state index in [2.05, 4.69) is 10.5 Å². The third-order valence-corrected chi connectivity index (χ3v) is 2.28. The van der Waals surface area contributed by atoms with Gasteiger partial charge in [0, 0.05) is 18.9 Å². The Kier molecular flexibility index (Phi) is 3.07. The monoisotopic (exact) mass is 200 g/mol. The molecule has 0 saturated heterocycles. The van der Waals surface area contributed by atoms with E-state index in [4.69, 9.17) is 5.21 Å². The van der Waals surface area contributed by atoms with Crippen molar-refractivity contribution in [1.29, 1.82) is 0 Å². The van der Waals surface area contributed by atoms with Crippen LogP contribution in [0.1, 0.15) is 5.56 Å². The van der Waals surface area contributed by atoms with E-state index in [-0.39, 0.29) is 0 Å². The molecule has 3 nitrogen and oxygen atoms in total. The minimum atomic E-state index is 0.443. The Morgan fingerprint density at radius 1 is 1.07 bits per heavy atom. The fraction of sp³-hybridized carbons (Fsp3) is 0.0833. The second-order valence-corrected chi connectivity index (χ2v) is 3.23. The lowest BCUT2D eigenvalue weighted by Gasteiger charge is -2.07. The molecule has 0 unspecified atom stereocenters. The number of hydrogen-bond acceptors (Lipinski definition) is 3. The third-order valence-electron chi connectivity index (χ3n) is 2.28. The molecule has 0 amide bonds. The zero-order valence-corrected chi connectivity index (χ0v) is 8.22. The Morgan fingerprint density at radius 2 is 1.80 bits per heavy atom. The molecule has 0 atom stereocenters. The molecule has 0 aliphatic carbocycles. The summed E-state index contributed by atoms with van der Waals surface area (Å²) in [7, 11) is 0. The van der Waals surface area contributed by atoms with Crippen molar-refractivity contribution in [3.8, 4) is 11.1 Å². The summed E-state index contributed by atoms with van der Waals surface area (Å²) in [4.78, 5) is 3.98. The van der Waals surface area contributed by atoms with Crippen LogP contribution in [-0.4, -0.2) is 10.2 Å². The molecule has 0 spiro atoms. The molecular formula is C12H12N2O. The van der Waals surface area contributed by atoms with Crippen molar-refractivity contribution >= 4 is 0 Å². The number of benzene rings is 1. The minimum Gasteiger partial charge on any atom is -0.316 e. The summed E-state index contributed by atoms with van der Waals surface area (Å²) in [6, 6.07) is 11.9. The maximum absolute atomic E-state index is 8.73. The second kappa shape index (κ2) is 4.68. The Morgan fingerprint density at radius 3 is 2.53 bits per heavy atom. The van der Waals surface area contributed by atoms with Crippen LogP contribution in [0, 0.1) is 0 Å². The molecule has 1 heterocycles. The van der Waals surface area contributed by atoms with E-state index in [1.807, 2.05) is 36.4 Å². The first-order valence-electron chi connectivity index (χ1n) is 4.77. The van der Waals surface area contributed by atoms with Gasteiger partial charge in [-0.25, -0.2) is 5.48 Å². The molecule has 0 saturated carbocycles. The van der Waals surface area contributed by atoms with Crippen LogP contribution >= 0.6 is 0 Å². The highest BCUT2D eigenvalue weighted by atomic mass is 16.5. The summed E-state index contributed by atoms with van der Waals surface area (Å²) < 4.78 is 0. The first kappa shape index (κ1) is 9.83. The van der Waals surface area contributed by atoms with Gasteiger partial charge in [0.15, 0.2) is 0 Å². The number of nitrogens with zero attached hydrogens (tertiary/aromatic N) is 1. The number of aromatic nitrogens is 1. The van der Waals surface area contributed by atoms with Crippen LogP contribution in [0.25, 0.3) is 11.1 Å². The van der Waals surface area contributed by atoms with Crippen LogP contribution in [0.2, 0.25) is 0 Å². The predicted octanol–water partition coefficient (Wildman–Crippen LogP) is 2.23. The van der Waals surface area contributed by atoms with Crippen molar-refractivity contribution in [2.24, 2.45) is 0 Å². The normalized spacial score (nSPS) is 10.2. The highest BCUT2D eigenvalue weighted by Crippen LogP contribution is 2.22. The van der Waals surface area contributed by atoms with Crippen molar-refractivity contribution < 1.29 is 5.21 Å². The average Bonchev–Trinajstić information content (AvgIpc) is 2.31. The van der Waals surface area contributed by atoms with Crippen LogP contribution in [0.4, 0.5) is 0 Å². The SMILES string of the molecule is ONCc1ccccc1-c1ccncc1. The van der Waals surface area contributed by atoms with Crippen LogP contribution in [0.5, 0.6) is 0 Å². The molecule has 0 aliphatic heterocycles. The second-order valence-electron chi connectivity index (χ2n) is 3.23. The van der Waals surface area contributed by atoms with Gasteiger partial charge in [-0.05, 0) is 28.8 Å². The van der Waals surface area contributed by atoms with Crippen molar-refractivity contribution in [2.45, 2.75) is 6.54 Å². The fourth-order valence-electron chi connectivity index (χ4n) is 1.57. The van der Waals surface area contributed by atoms with E-state index in [9.17, 15) is 0 Å². The van der Waals surface area contributed by atoms with Gasteiger partial charge in [0.25, 0.3) is 0 Å². The quantitative estimate of drug-likeness (QED) is 0.747. The fourth-order valence-corrected chi connectivity index (χ4v) is 1.57. The topological polar surface area (TPSA) is 45.1 Å².